The smallest absolute Gasteiger partial charge is 0.216 e. The number of carbonyl (C=O) groups is 1. The van der Waals surface area contributed by atoms with Crippen molar-refractivity contribution in [3.05, 3.63) is 0 Å². The van der Waals surface area contributed by atoms with Crippen LogP contribution in [0.4, 0.5) is 0 Å². The molecule has 0 heterocycles. The van der Waals surface area contributed by atoms with Crippen molar-refractivity contribution < 1.29 is 30.1 Å². The Morgan fingerprint density at radius 2 is 2.45 bits per heavy atom. The Labute approximate surface area is 78.2 Å². The van der Waals surface area contributed by atoms with E-state index in [-0.39, 0.29) is 0 Å². The van der Waals surface area contributed by atoms with Crippen LogP contribution in [0.3, 0.4) is 0 Å². The van der Waals surface area contributed by atoms with E-state index in [1.54, 1.807) is 0 Å². The van der Waals surface area contributed by atoms with Crippen LogP contribution in [-0.4, -0.2) is 31.1 Å². The Bertz CT molecular complexity index is 495. The summed E-state index contributed by atoms with van der Waals surface area (Å²) in [4.78, 5) is 11.1. The molecule has 0 bridgehead atoms. The van der Waals surface area contributed by atoms with Crippen LogP contribution < -0.4 is 5.32 Å². The van der Waals surface area contributed by atoms with Crippen molar-refractivity contribution in [3.8, 4) is 0 Å². The highest BCUT2D eigenvalue weighted by molar-refractivity contribution is 7.85. The number of nitrogens with one attached hydrogen (secondary N) is 1. The zero-order chi connectivity index (χ0) is 16.8. The van der Waals surface area contributed by atoms with E-state index in [1.807, 2.05) is 0 Å². The fourth-order valence-corrected chi connectivity index (χ4v) is 0.352. The van der Waals surface area contributed by atoms with E-state index in [4.69, 9.17) is 12.3 Å². The number of hydrogen-bond donors (Lipinski definition) is 1. The third-order valence-electron chi connectivity index (χ3n) is 0.415. The minimum Gasteiger partial charge on any atom is -0.748 e. The van der Waals surface area contributed by atoms with Gasteiger partial charge in [-0.3, -0.25) is 4.79 Å². The van der Waals surface area contributed by atoms with Crippen molar-refractivity contribution in [3.63, 3.8) is 0 Å². The van der Waals surface area contributed by atoms with E-state index in [2.05, 4.69) is 0 Å². The molecule has 1 amide bonds. The third-order valence-corrected chi connectivity index (χ3v) is 0.767. The van der Waals surface area contributed by atoms with Gasteiger partial charge in [0.15, 0.2) is 0 Å². The average Bonchev–Trinajstić information content (AvgIpc) is 2.12. The summed E-state index contributed by atoms with van der Waals surface area (Å²) in [5, 5.41) is 1.03. The summed E-state index contributed by atoms with van der Waals surface area (Å²) in [5.41, 5.74) is -4.24. The molecule has 66 valence electrons. The van der Waals surface area contributed by atoms with Gasteiger partial charge >= 0.3 is 0 Å². The van der Waals surface area contributed by atoms with E-state index in [1.165, 1.54) is 0 Å². The maximum Gasteiger partial charge on any atom is 0.216 e. The standard InChI is InChI=1S/C5H11NO4S/c1-5(7)6-3-2-4-11(8,9)10/h2-4H2,1H3,(H,6,7)(H,8,9,10)/p-1/i1D3,2D2,3D2,4D2. The van der Waals surface area contributed by atoms with Crippen LogP contribution in [0.5, 0.6) is 0 Å². The lowest BCUT2D eigenvalue weighted by atomic mass is 10.5. The van der Waals surface area contributed by atoms with Crippen molar-refractivity contribution in [1.29, 1.82) is 0 Å². The molecule has 0 saturated carbocycles. The van der Waals surface area contributed by atoms with Gasteiger partial charge in [0.2, 0.25) is 5.91 Å². The number of rotatable bonds is 4. The summed E-state index contributed by atoms with van der Waals surface area (Å²) in [7, 11) is -5.94. The highest BCUT2D eigenvalue weighted by Gasteiger charge is 1.95. The van der Waals surface area contributed by atoms with Gasteiger partial charge in [-0.15, -0.1) is 0 Å². The second-order valence-electron chi connectivity index (χ2n) is 1.26. The van der Waals surface area contributed by atoms with Gasteiger partial charge in [-0.2, -0.15) is 0 Å². The first-order valence-corrected chi connectivity index (χ1v) is 3.57. The van der Waals surface area contributed by atoms with Gasteiger partial charge in [-0.05, 0) is 6.37 Å². The van der Waals surface area contributed by atoms with Crippen molar-refractivity contribution in [2.45, 2.75) is 13.2 Å². The normalized spacial score (nSPS) is 28.3. The number of carbonyl (C=O) groups excluding carboxylic acids is 1. The molecule has 0 unspecified atom stereocenters. The van der Waals surface area contributed by atoms with Crippen molar-refractivity contribution in [1.82, 2.24) is 5.32 Å². The van der Waals surface area contributed by atoms with Gasteiger partial charge < -0.3 is 9.87 Å². The first-order chi connectivity index (χ1) is 8.38. The maximum atomic E-state index is 11.1. The first kappa shape index (κ1) is 2.70. The van der Waals surface area contributed by atoms with Crippen LogP contribution in [0.25, 0.3) is 0 Å². The van der Waals surface area contributed by atoms with E-state index in [0.29, 0.717) is 0 Å². The van der Waals surface area contributed by atoms with Crippen LogP contribution in [0.1, 0.15) is 25.6 Å². The minimum atomic E-state index is -5.94. The fourth-order valence-electron chi connectivity index (χ4n) is 0.176. The van der Waals surface area contributed by atoms with E-state index in [0.717, 1.165) is 5.32 Å². The largest absolute Gasteiger partial charge is 0.748 e. The average molecular weight is 189 g/mol. The Kier molecular flexibility index (Phi) is 1.06. The lowest BCUT2D eigenvalue weighted by molar-refractivity contribution is -0.118. The van der Waals surface area contributed by atoms with Gasteiger partial charge in [-0.1, -0.05) is 0 Å². The van der Waals surface area contributed by atoms with Crippen LogP contribution in [0.15, 0.2) is 0 Å². The molecule has 0 spiro atoms. The molecule has 0 aromatic carbocycles. The molecule has 0 atom stereocenters. The summed E-state index contributed by atoms with van der Waals surface area (Å²) >= 11 is 0. The molecule has 6 heteroatoms. The van der Waals surface area contributed by atoms with Gasteiger partial charge in [0.05, 0.1) is 10.1 Å². The molecule has 11 heavy (non-hydrogen) atoms. The van der Waals surface area contributed by atoms with E-state index < -0.39 is 41.5 Å². The summed E-state index contributed by atoms with van der Waals surface area (Å²) in [5.74, 6) is -1.97. The maximum absolute atomic E-state index is 11.1. The van der Waals surface area contributed by atoms with Crippen molar-refractivity contribution >= 4 is 16.0 Å². The Morgan fingerprint density at radius 1 is 1.82 bits per heavy atom. The SMILES string of the molecule is [2H]C([2H])([2H])C(=O)NC([2H])([2H])C([2H])([2H])C([2H])([2H])S(=O)(=O)[O-]. The molecule has 0 rings (SSSR count). The Morgan fingerprint density at radius 3 is 2.91 bits per heavy atom. The highest BCUT2D eigenvalue weighted by Crippen LogP contribution is 1.85. The van der Waals surface area contributed by atoms with Crippen LogP contribution >= 0.6 is 0 Å². The predicted molar refractivity (Wildman–Crippen MR) is 37.9 cm³/mol. The lowest BCUT2D eigenvalue weighted by Crippen LogP contribution is -2.22. The zero-order valence-electron chi connectivity index (χ0n) is 14.0. The van der Waals surface area contributed by atoms with E-state index in [9.17, 15) is 17.8 Å². The van der Waals surface area contributed by atoms with E-state index >= 15 is 0 Å². The predicted octanol–water partition coefficient (Wildman–Crippen LogP) is -0.942. The molecule has 0 aliphatic carbocycles. The second kappa shape index (κ2) is 4.30. The Balaban J connectivity index is 5.66. The fraction of sp³-hybridized carbons (Fsp3) is 0.800. The van der Waals surface area contributed by atoms with Crippen LogP contribution in [0, 0.1) is 0 Å². The molecular formula is C5H10NO4S-. The van der Waals surface area contributed by atoms with Crippen LogP contribution in [0.2, 0.25) is 0 Å². The van der Waals surface area contributed by atoms with Gasteiger partial charge in [-0.25, -0.2) is 8.42 Å². The molecule has 5 nitrogen and oxygen atoms in total. The quantitative estimate of drug-likeness (QED) is 0.578. The molecule has 0 aromatic heterocycles. The van der Waals surface area contributed by atoms with Gasteiger partial charge in [0.1, 0.15) is 0 Å². The van der Waals surface area contributed by atoms with Crippen LogP contribution in [-0.2, 0) is 14.9 Å². The third kappa shape index (κ3) is 9.38. The molecule has 0 fully saturated rings. The topological polar surface area (TPSA) is 86.3 Å². The number of hydrogen-bond acceptors (Lipinski definition) is 4. The Hall–Kier alpha value is -0.620. The first-order valence-electron chi connectivity index (χ1n) is 6.66. The molecule has 0 saturated heterocycles. The molecule has 0 aliphatic heterocycles. The number of amides is 1. The zero-order valence-corrected chi connectivity index (χ0v) is 5.86. The van der Waals surface area contributed by atoms with Gasteiger partial charge in [0, 0.05) is 31.4 Å². The molecular weight excluding hydrogens is 170 g/mol. The molecule has 1 N–H and O–H groups in total. The lowest BCUT2D eigenvalue weighted by Gasteiger charge is -2.05. The highest BCUT2D eigenvalue weighted by atomic mass is 32.2. The second-order valence-corrected chi connectivity index (χ2v) is 2.37. The molecule has 0 aromatic rings. The van der Waals surface area contributed by atoms with Crippen molar-refractivity contribution in [2.24, 2.45) is 0 Å². The molecule has 0 radical (unpaired) electrons. The van der Waals surface area contributed by atoms with Crippen molar-refractivity contribution in [2.75, 3.05) is 12.2 Å². The summed E-state index contributed by atoms with van der Waals surface area (Å²) in [6.45, 7) is -7.13. The summed E-state index contributed by atoms with van der Waals surface area (Å²) in [6.07, 6.45) is -4.04. The monoisotopic (exact) mass is 189 g/mol. The summed E-state index contributed by atoms with van der Waals surface area (Å²) < 4.78 is 94.3. The minimum absolute atomic E-state index is 1.03. The van der Waals surface area contributed by atoms with Gasteiger partial charge in [0.25, 0.3) is 0 Å². The summed E-state index contributed by atoms with van der Waals surface area (Å²) in [6, 6.07) is 0. The molecule has 0 aliphatic rings.